The molecular weight excluding hydrogens is 384 g/mol. The van der Waals surface area contributed by atoms with Crippen molar-refractivity contribution in [3.63, 3.8) is 0 Å². The maximum Gasteiger partial charge on any atom is 0.288 e. The second kappa shape index (κ2) is 6.95. The van der Waals surface area contributed by atoms with Crippen molar-refractivity contribution in [2.45, 2.75) is 17.2 Å². The van der Waals surface area contributed by atoms with Crippen LogP contribution >= 0.6 is 23.4 Å². The smallest absolute Gasteiger partial charge is 0.258 e. The largest absolute Gasteiger partial charge is 0.288 e. The average molecular weight is 399 g/mol. The lowest BCUT2D eigenvalue weighted by molar-refractivity contribution is -0.384. The quantitative estimate of drug-likeness (QED) is 0.574. The van der Waals surface area contributed by atoms with Crippen molar-refractivity contribution in [2.24, 2.45) is 0 Å². The summed E-state index contributed by atoms with van der Waals surface area (Å²) in [4.78, 5) is 10.8. The fourth-order valence-electron chi connectivity index (χ4n) is 2.63. The number of hydrogen-bond acceptors (Lipinski definition) is 5. The van der Waals surface area contributed by atoms with Crippen LogP contribution in [0.25, 0.3) is 0 Å². The van der Waals surface area contributed by atoms with Crippen molar-refractivity contribution >= 4 is 39.1 Å². The number of thioether (sulfide) groups is 1. The van der Waals surface area contributed by atoms with E-state index in [4.69, 9.17) is 11.6 Å². The van der Waals surface area contributed by atoms with E-state index in [0.29, 0.717) is 17.9 Å². The van der Waals surface area contributed by atoms with Crippen molar-refractivity contribution in [2.75, 3.05) is 12.3 Å². The van der Waals surface area contributed by atoms with E-state index in [-0.39, 0.29) is 15.6 Å². The molecular formula is C16H15ClN2O4S2. The highest BCUT2D eigenvalue weighted by molar-refractivity contribution is 8.01. The first-order valence-corrected chi connectivity index (χ1v) is 10.3. The van der Waals surface area contributed by atoms with Crippen LogP contribution < -0.4 is 0 Å². The molecule has 6 nitrogen and oxygen atoms in total. The number of nitro groups is 1. The van der Waals surface area contributed by atoms with E-state index < -0.39 is 20.3 Å². The Kier molecular flexibility index (Phi) is 5.06. The summed E-state index contributed by atoms with van der Waals surface area (Å²) in [7, 11) is -3.69. The number of halogens is 1. The van der Waals surface area contributed by atoms with Crippen LogP contribution in [-0.4, -0.2) is 29.9 Å². The van der Waals surface area contributed by atoms with Crippen molar-refractivity contribution in [3.05, 3.63) is 68.7 Å². The highest BCUT2D eigenvalue weighted by Gasteiger charge is 2.37. The molecule has 0 bridgehead atoms. The third-order valence-electron chi connectivity index (χ3n) is 3.93. The van der Waals surface area contributed by atoms with E-state index in [1.165, 1.54) is 28.2 Å². The standard InChI is InChI=1S/C16H15ClN2O4S2/c1-11-2-5-13(6-3-11)25(22,23)18-8-9-24-16(18)12-4-7-14(17)15(10-12)19(20)21/h2-7,10,16H,8-9H2,1H3. The van der Waals surface area contributed by atoms with Crippen molar-refractivity contribution < 1.29 is 13.3 Å². The zero-order valence-corrected chi connectivity index (χ0v) is 15.6. The molecule has 0 saturated carbocycles. The molecule has 1 aliphatic rings. The van der Waals surface area contributed by atoms with Gasteiger partial charge in [-0.25, -0.2) is 8.42 Å². The van der Waals surface area contributed by atoms with Gasteiger partial charge < -0.3 is 0 Å². The Morgan fingerprint density at radius 2 is 1.92 bits per heavy atom. The monoisotopic (exact) mass is 398 g/mol. The molecule has 1 atom stereocenters. The lowest BCUT2D eigenvalue weighted by Crippen LogP contribution is -2.30. The lowest BCUT2D eigenvalue weighted by Gasteiger charge is -2.23. The molecule has 2 aromatic rings. The number of hydrogen-bond donors (Lipinski definition) is 0. The fraction of sp³-hybridized carbons (Fsp3) is 0.250. The van der Waals surface area contributed by atoms with Gasteiger partial charge in [0.2, 0.25) is 10.0 Å². The zero-order valence-electron chi connectivity index (χ0n) is 13.3. The molecule has 0 aromatic heterocycles. The zero-order chi connectivity index (χ0) is 18.2. The number of sulfonamides is 1. The van der Waals surface area contributed by atoms with Gasteiger partial charge in [-0.2, -0.15) is 4.31 Å². The molecule has 2 aromatic carbocycles. The minimum atomic E-state index is -3.69. The lowest BCUT2D eigenvalue weighted by atomic mass is 10.2. The van der Waals surface area contributed by atoms with Crippen molar-refractivity contribution in [1.82, 2.24) is 4.31 Å². The third-order valence-corrected chi connectivity index (χ3v) is 7.52. The molecule has 1 saturated heterocycles. The summed E-state index contributed by atoms with van der Waals surface area (Å²) in [6.07, 6.45) is 0. The molecule has 25 heavy (non-hydrogen) atoms. The molecule has 9 heteroatoms. The van der Waals surface area contributed by atoms with Gasteiger partial charge in [0.1, 0.15) is 5.02 Å². The Hall–Kier alpha value is -1.61. The van der Waals surface area contributed by atoms with Crippen LogP contribution in [0.2, 0.25) is 5.02 Å². The first-order valence-electron chi connectivity index (χ1n) is 7.44. The molecule has 0 radical (unpaired) electrons. The summed E-state index contributed by atoms with van der Waals surface area (Å²) in [5.41, 5.74) is 1.30. The minimum absolute atomic E-state index is 0.0321. The Labute approximate surface area is 155 Å². The van der Waals surface area contributed by atoms with Gasteiger partial charge in [-0.15, -0.1) is 11.8 Å². The minimum Gasteiger partial charge on any atom is -0.258 e. The maximum atomic E-state index is 13.0. The van der Waals surface area contributed by atoms with Gasteiger partial charge >= 0.3 is 0 Å². The summed E-state index contributed by atoms with van der Waals surface area (Å²) >= 11 is 7.29. The van der Waals surface area contributed by atoms with Gasteiger partial charge in [-0.05, 0) is 30.7 Å². The summed E-state index contributed by atoms with van der Waals surface area (Å²) in [6, 6.07) is 11.1. The van der Waals surface area contributed by atoms with Crippen LogP contribution in [0.4, 0.5) is 5.69 Å². The molecule has 1 heterocycles. The summed E-state index contributed by atoms with van der Waals surface area (Å²) in [6.45, 7) is 2.24. The summed E-state index contributed by atoms with van der Waals surface area (Å²) in [5, 5.41) is 10.6. The molecule has 1 fully saturated rings. The van der Waals surface area contributed by atoms with E-state index in [1.54, 1.807) is 30.3 Å². The topological polar surface area (TPSA) is 80.5 Å². The summed E-state index contributed by atoms with van der Waals surface area (Å²) < 4.78 is 27.3. The Morgan fingerprint density at radius 1 is 1.24 bits per heavy atom. The maximum absolute atomic E-state index is 13.0. The molecule has 1 unspecified atom stereocenters. The highest BCUT2D eigenvalue weighted by Crippen LogP contribution is 2.43. The fourth-order valence-corrected chi connectivity index (χ4v) is 6.05. The number of rotatable bonds is 4. The number of benzene rings is 2. The van der Waals surface area contributed by atoms with Gasteiger partial charge in [0, 0.05) is 18.4 Å². The first kappa shape index (κ1) is 18.2. The van der Waals surface area contributed by atoms with Crippen LogP contribution in [0.1, 0.15) is 16.5 Å². The number of nitro benzene ring substituents is 1. The van der Waals surface area contributed by atoms with Crippen LogP contribution in [0, 0.1) is 17.0 Å². The van der Waals surface area contributed by atoms with E-state index >= 15 is 0 Å². The average Bonchev–Trinajstić information content (AvgIpc) is 3.06. The number of aryl methyl sites for hydroxylation is 1. The Bertz CT molecular complexity index is 916. The van der Waals surface area contributed by atoms with Gasteiger partial charge in [0.05, 0.1) is 15.2 Å². The molecule has 0 aliphatic carbocycles. The van der Waals surface area contributed by atoms with Crippen LogP contribution in [0.15, 0.2) is 47.4 Å². The second-order valence-corrected chi connectivity index (χ2v) is 9.11. The third kappa shape index (κ3) is 3.52. The van der Waals surface area contributed by atoms with Gasteiger partial charge in [-0.3, -0.25) is 10.1 Å². The highest BCUT2D eigenvalue weighted by atomic mass is 35.5. The SMILES string of the molecule is Cc1ccc(S(=O)(=O)N2CCSC2c2ccc(Cl)c([N+](=O)[O-])c2)cc1. The molecule has 132 valence electrons. The summed E-state index contributed by atoms with van der Waals surface area (Å²) in [5.74, 6) is 0.617. The molecule has 0 amide bonds. The van der Waals surface area contributed by atoms with Gasteiger partial charge in [0.15, 0.2) is 0 Å². The predicted molar refractivity (Wildman–Crippen MR) is 98.4 cm³/mol. The van der Waals surface area contributed by atoms with Crippen molar-refractivity contribution in [1.29, 1.82) is 0 Å². The second-order valence-electron chi connectivity index (χ2n) is 5.62. The number of nitrogens with zero attached hydrogens (tertiary/aromatic N) is 2. The van der Waals surface area contributed by atoms with Crippen LogP contribution in [-0.2, 0) is 10.0 Å². The molecule has 1 aliphatic heterocycles. The van der Waals surface area contributed by atoms with Gasteiger partial charge in [0.25, 0.3) is 5.69 Å². The van der Waals surface area contributed by atoms with Crippen molar-refractivity contribution in [3.8, 4) is 0 Å². The van der Waals surface area contributed by atoms with E-state index in [1.807, 2.05) is 6.92 Å². The first-order chi connectivity index (χ1) is 11.8. The molecule has 3 rings (SSSR count). The van der Waals surface area contributed by atoms with E-state index in [2.05, 4.69) is 0 Å². The van der Waals surface area contributed by atoms with Gasteiger partial charge in [-0.1, -0.05) is 35.4 Å². The van der Waals surface area contributed by atoms with E-state index in [9.17, 15) is 18.5 Å². The molecule has 0 N–H and O–H groups in total. The molecule has 0 spiro atoms. The Balaban J connectivity index is 1.99. The Morgan fingerprint density at radius 3 is 2.56 bits per heavy atom. The van der Waals surface area contributed by atoms with Crippen LogP contribution in [0.3, 0.4) is 0 Å². The predicted octanol–water partition coefficient (Wildman–Crippen LogP) is 3.99. The van der Waals surface area contributed by atoms with E-state index in [0.717, 1.165) is 5.56 Å². The van der Waals surface area contributed by atoms with Crippen LogP contribution in [0.5, 0.6) is 0 Å². The normalized spacial score (nSPS) is 18.4.